The number of rotatable bonds is 7. The fourth-order valence-corrected chi connectivity index (χ4v) is 3.13. The second kappa shape index (κ2) is 9.58. The van der Waals surface area contributed by atoms with Crippen LogP contribution in [0.1, 0.15) is 25.8 Å². The fourth-order valence-electron chi connectivity index (χ4n) is 1.71. The molecule has 0 atom stereocenters. The van der Waals surface area contributed by atoms with Crippen LogP contribution < -0.4 is 0 Å². The van der Waals surface area contributed by atoms with Crippen molar-refractivity contribution in [2.24, 2.45) is 0 Å². The Bertz CT molecular complexity index is 511. The van der Waals surface area contributed by atoms with Crippen LogP contribution in [0.25, 0.3) is 6.08 Å². The van der Waals surface area contributed by atoms with Gasteiger partial charge in [-0.3, -0.25) is 4.79 Å². The van der Waals surface area contributed by atoms with Crippen LogP contribution in [0.15, 0.2) is 30.3 Å². The molecule has 21 heavy (non-hydrogen) atoms. The largest absolute Gasteiger partial charge is 0.507 e. The second-order valence-electron chi connectivity index (χ2n) is 4.40. The molecule has 0 spiro atoms. The summed E-state index contributed by atoms with van der Waals surface area (Å²) in [7, 11) is 0. The first-order valence-corrected chi connectivity index (χ1v) is 8.38. The molecular weight excluding hydrogens is 302 g/mol. The minimum atomic E-state index is 0.0353. The Kier molecular flexibility index (Phi) is 8.08. The van der Waals surface area contributed by atoms with E-state index in [1.807, 2.05) is 6.07 Å². The fraction of sp³-hybridized carbons (Fsp3) is 0.375. The first-order chi connectivity index (χ1) is 10.1. The van der Waals surface area contributed by atoms with Gasteiger partial charge >= 0.3 is 0 Å². The first-order valence-electron chi connectivity index (χ1n) is 6.99. The molecule has 0 amide bonds. The van der Waals surface area contributed by atoms with E-state index < -0.39 is 0 Å². The molecule has 0 aliphatic carbocycles. The van der Waals surface area contributed by atoms with Crippen molar-refractivity contribution in [1.82, 2.24) is 4.90 Å². The molecule has 0 saturated heterocycles. The van der Waals surface area contributed by atoms with Crippen LogP contribution in [0.2, 0.25) is 0 Å². The molecule has 0 bridgehead atoms. The van der Waals surface area contributed by atoms with Gasteiger partial charge in [-0.1, -0.05) is 42.2 Å². The maximum absolute atomic E-state index is 11.8. The average Bonchev–Trinajstić information content (AvgIpc) is 2.47. The van der Waals surface area contributed by atoms with E-state index >= 15 is 0 Å². The van der Waals surface area contributed by atoms with Gasteiger partial charge in [0.25, 0.3) is 0 Å². The molecule has 1 N–H and O–H groups in total. The van der Waals surface area contributed by atoms with E-state index in [0.717, 1.165) is 17.4 Å². The molecule has 114 valence electrons. The molecule has 0 radical (unpaired) electrons. The number of hydrogen-bond acceptors (Lipinski definition) is 4. The van der Waals surface area contributed by atoms with E-state index in [-0.39, 0.29) is 11.5 Å². The molecule has 0 aliphatic rings. The van der Waals surface area contributed by atoms with E-state index in [1.54, 1.807) is 36.0 Å². The third-order valence-electron chi connectivity index (χ3n) is 2.98. The van der Waals surface area contributed by atoms with Crippen molar-refractivity contribution in [3.05, 3.63) is 35.9 Å². The Morgan fingerprint density at radius 1 is 1.33 bits per heavy atom. The zero-order valence-electron chi connectivity index (χ0n) is 12.4. The lowest BCUT2D eigenvalue weighted by atomic mass is 10.1. The molecule has 1 aromatic rings. The van der Waals surface area contributed by atoms with Gasteiger partial charge in [0.15, 0.2) is 5.78 Å². The lowest BCUT2D eigenvalue weighted by molar-refractivity contribution is -0.114. The average molecular weight is 323 g/mol. The van der Waals surface area contributed by atoms with Gasteiger partial charge in [0, 0.05) is 30.8 Å². The topological polar surface area (TPSA) is 40.5 Å². The number of benzene rings is 1. The Morgan fingerprint density at radius 2 is 2.00 bits per heavy atom. The predicted molar refractivity (Wildman–Crippen MR) is 94.7 cm³/mol. The molecule has 0 fully saturated rings. The summed E-state index contributed by atoms with van der Waals surface area (Å²) >= 11 is 6.85. The van der Waals surface area contributed by atoms with Crippen LogP contribution >= 0.6 is 24.0 Å². The normalized spacial score (nSPS) is 10.8. The number of ketones is 1. The van der Waals surface area contributed by atoms with E-state index in [0.29, 0.717) is 17.7 Å². The molecule has 5 heteroatoms. The van der Waals surface area contributed by atoms with Crippen molar-refractivity contribution in [3.63, 3.8) is 0 Å². The molecule has 0 aromatic heterocycles. The first kappa shape index (κ1) is 17.7. The highest BCUT2D eigenvalue weighted by atomic mass is 32.2. The summed E-state index contributed by atoms with van der Waals surface area (Å²) < 4.78 is 0.845. The Labute approximate surface area is 136 Å². The van der Waals surface area contributed by atoms with Gasteiger partial charge < -0.3 is 10.0 Å². The molecule has 0 aliphatic heterocycles. The van der Waals surface area contributed by atoms with Crippen LogP contribution in [0.5, 0.6) is 5.75 Å². The number of para-hydroxylation sites is 1. The third kappa shape index (κ3) is 6.31. The van der Waals surface area contributed by atoms with Crippen molar-refractivity contribution < 1.29 is 9.90 Å². The number of thioether (sulfide) groups is 1. The number of hydrogen-bond donors (Lipinski definition) is 1. The number of phenols is 1. The molecular formula is C16H21NO2S2. The number of thiocarbonyl (C=S) groups is 1. The van der Waals surface area contributed by atoms with Gasteiger partial charge in [-0.05, 0) is 32.1 Å². The predicted octanol–water partition coefficient (Wildman–Crippen LogP) is 3.72. The SMILES string of the molecule is CCN(CC)C(=S)SCCC(=O)/C=C/c1ccccc1O. The summed E-state index contributed by atoms with van der Waals surface area (Å²) in [5, 5.41) is 9.60. The highest BCUT2D eigenvalue weighted by Gasteiger charge is 2.06. The standard InChI is InChI=1S/C16H21NO2S2/c1-3-17(4-2)16(20)21-12-11-14(18)10-9-13-7-5-6-8-15(13)19/h5-10,19H,3-4,11-12H2,1-2H3/b10-9+. The van der Waals surface area contributed by atoms with Crippen molar-refractivity contribution in [1.29, 1.82) is 0 Å². The van der Waals surface area contributed by atoms with Crippen LogP contribution in [0.3, 0.4) is 0 Å². The summed E-state index contributed by atoms with van der Waals surface area (Å²) in [5.74, 6) is 0.894. The highest BCUT2D eigenvalue weighted by Crippen LogP contribution is 2.17. The minimum Gasteiger partial charge on any atom is -0.507 e. The van der Waals surface area contributed by atoms with E-state index in [1.165, 1.54) is 6.08 Å². The molecule has 3 nitrogen and oxygen atoms in total. The van der Waals surface area contributed by atoms with Crippen molar-refractivity contribution in [2.75, 3.05) is 18.8 Å². The zero-order valence-corrected chi connectivity index (χ0v) is 14.0. The second-order valence-corrected chi connectivity index (χ2v) is 6.12. The van der Waals surface area contributed by atoms with E-state index in [2.05, 4.69) is 18.7 Å². The van der Waals surface area contributed by atoms with Crippen molar-refractivity contribution >= 4 is 40.2 Å². The lowest BCUT2D eigenvalue weighted by Gasteiger charge is -2.20. The van der Waals surface area contributed by atoms with Crippen LogP contribution in [-0.2, 0) is 4.79 Å². The maximum Gasteiger partial charge on any atom is 0.156 e. The monoisotopic (exact) mass is 323 g/mol. The Balaban J connectivity index is 2.38. The van der Waals surface area contributed by atoms with E-state index in [4.69, 9.17) is 12.2 Å². The van der Waals surface area contributed by atoms with Crippen molar-refractivity contribution in [3.8, 4) is 5.75 Å². The molecule has 0 saturated carbocycles. The lowest BCUT2D eigenvalue weighted by Crippen LogP contribution is -2.26. The highest BCUT2D eigenvalue weighted by molar-refractivity contribution is 8.22. The molecule has 0 heterocycles. The smallest absolute Gasteiger partial charge is 0.156 e. The van der Waals surface area contributed by atoms with Crippen LogP contribution in [0.4, 0.5) is 0 Å². The molecule has 0 unspecified atom stereocenters. The van der Waals surface area contributed by atoms with Gasteiger partial charge in [0.05, 0.1) is 0 Å². The van der Waals surface area contributed by atoms with Gasteiger partial charge in [0.1, 0.15) is 10.1 Å². The maximum atomic E-state index is 11.8. The number of carbonyl (C=O) groups is 1. The number of aromatic hydroxyl groups is 1. The summed E-state index contributed by atoms with van der Waals surface area (Å²) in [6.07, 6.45) is 3.59. The van der Waals surface area contributed by atoms with Gasteiger partial charge in [-0.15, -0.1) is 0 Å². The molecule has 1 rings (SSSR count). The number of allylic oxidation sites excluding steroid dienone is 1. The summed E-state index contributed by atoms with van der Waals surface area (Å²) in [5.41, 5.74) is 0.650. The number of nitrogens with zero attached hydrogens (tertiary/aromatic N) is 1. The summed E-state index contributed by atoms with van der Waals surface area (Å²) in [4.78, 5) is 13.9. The Morgan fingerprint density at radius 3 is 2.62 bits per heavy atom. The van der Waals surface area contributed by atoms with Crippen LogP contribution in [-0.4, -0.2) is 39.0 Å². The van der Waals surface area contributed by atoms with Gasteiger partial charge in [-0.2, -0.15) is 0 Å². The molecule has 1 aromatic carbocycles. The quantitative estimate of drug-likeness (QED) is 0.612. The Hall–Kier alpha value is -1.33. The zero-order chi connectivity index (χ0) is 15.7. The van der Waals surface area contributed by atoms with Crippen LogP contribution in [0, 0.1) is 0 Å². The summed E-state index contributed by atoms with van der Waals surface area (Å²) in [6.45, 7) is 5.92. The minimum absolute atomic E-state index is 0.0353. The van der Waals surface area contributed by atoms with Gasteiger partial charge in [0.2, 0.25) is 0 Å². The number of carbonyl (C=O) groups excluding carboxylic acids is 1. The summed E-state index contributed by atoms with van der Waals surface area (Å²) in [6, 6.07) is 6.94. The van der Waals surface area contributed by atoms with Gasteiger partial charge in [-0.25, -0.2) is 0 Å². The van der Waals surface area contributed by atoms with E-state index in [9.17, 15) is 9.90 Å². The number of phenolic OH excluding ortho intramolecular Hbond substituents is 1. The third-order valence-corrected chi connectivity index (χ3v) is 4.51. The van der Waals surface area contributed by atoms with Crippen molar-refractivity contribution in [2.45, 2.75) is 20.3 Å².